The predicted molar refractivity (Wildman–Crippen MR) is 126 cm³/mol. The van der Waals surface area contributed by atoms with Gasteiger partial charge in [-0.3, -0.25) is 9.69 Å². The lowest BCUT2D eigenvalue weighted by molar-refractivity contribution is -0.151. The standard InChI is InChI=1S/C25H43N3O5/c1-25(2,3)33-24(31)26-20(15-18-11-7-5-8-12-18)22(29)28-17-19(16-21(28)23(30)32-4)27-13-9-6-10-14-27/h18-21H,5-17H2,1-4H3,(H,26,31)/t19-,20-,21+/m1/s1. The Morgan fingerprint density at radius 1 is 1.00 bits per heavy atom. The number of carbonyl (C=O) groups excluding carboxylic acids is 3. The molecule has 0 spiro atoms. The van der Waals surface area contributed by atoms with Crippen molar-refractivity contribution in [2.45, 2.75) is 109 Å². The smallest absolute Gasteiger partial charge is 0.408 e. The first-order valence-corrected chi connectivity index (χ1v) is 12.8. The molecule has 2 saturated heterocycles. The van der Waals surface area contributed by atoms with Crippen LogP contribution in [0.5, 0.6) is 0 Å². The summed E-state index contributed by atoms with van der Waals surface area (Å²) in [6.45, 7) is 7.92. The maximum Gasteiger partial charge on any atom is 0.408 e. The fourth-order valence-electron chi connectivity index (χ4n) is 5.59. The van der Waals surface area contributed by atoms with Crippen LogP contribution in [0.3, 0.4) is 0 Å². The average Bonchev–Trinajstić information content (AvgIpc) is 3.23. The predicted octanol–water partition coefficient (Wildman–Crippen LogP) is 3.48. The van der Waals surface area contributed by atoms with Gasteiger partial charge in [0.05, 0.1) is 7.11 Å². The molecule has 0 aromatic heterocycles. The summed E-state index contributed by atoms with van der Waals surface area (Å²) in [6.07, 6.45) is 9.78. The Hall–Kier alpha value is -1.83. The summed E-state index contributed by atoms with van der Waals surface area (Å²) in [5.74, 6) is -0.183. The second-order valence-corrected chi connectivity index (χ2v) is 11.0. The number of nitrogens with one attached hydrogen (secondary N) is 1. The number of methoxy groups -OCH3 is 1. The molecule has 1 saturated carbocycles. The Morgan fingerprint density at radius 3 is 2.24 bits per heavy atom. The normalized spacial score (nSPS) is 26.0. The number of carbonyl (C=O) groups is 3. The van der Waals surface area contributed by atoms with Gasteiger partial charge < -0.3 is 19.7 Å². The first-order valence-electron chi connectivity index (χ1n) is 12.8. The van der Waals surface area contributed by atoms with Crippen LogP contribution < -0.4 is 5.32 Å². The Labute approximate surface area is 198 Å². The third-order valence-corrected chi connectivity index (χ3v) is 7.23. The lowest BCUT2D eigenvalue weighted by atomic mass is 9.84. The summed E-state index contributed by atoms with van der Waals surface area (Å²) < 4.78 is 10.5. The number of alkyl carbamates (subject to hydrolysis) is 1. The van der Waals surface area contributed by atoms with E-state index in [9.17, 15) is 14.4 Å². The zero-order chi connectivity index (χ0) is 24.0. The molecule has 0 bridgehead atoms. The Balaban J connectivity index is 1.76. The van der Waals surface area contributed by atoms with Gasteiger partial charge in [-0.1, -0.05) is 38.5 Å². The van der Waals surface area contributed by atoms with Crippen molar-refractivity contribution in [2.75, 3.05) is 26.7 Å². The van der Waals surface area contributed by atoms with Crippen LogP contribution in [-0.2, 0) is 19.1 Å². The van der Waals surface area contributed by atoms with Crippen molar-refractivity contribution in [1.29, 1.82) is 0 Å². The molecule has 0 unspecified atom stereocenters. The van der Waals surface area contributed by atoms with Crippen LogP contribution in [0.25, 0.3) is 0 Å². The molecule has 2 amide bonds. The Morgan fingerprint density at radius 2 is 1.64 bits per heavy atom. The molecule has 3 atom stereocenters. The second kappa shape index (κ2) is 11.5. The van der Waals surface area contributed by atoms with Crippen LogP contribution >= 0.6 is 0 Å². The summed E-state index contributed by atoms with van der Waals surface area (Å²) in [6, 6.07) is -1.16. The highest BCUT2D eigenvalue weighted by molar-refractivity contribution is 5.90. The minimum Gasteiger partial charge on any atom is -0.467 e. The largest absolute Gasteiger partial charge is 0.467 e. The zero-order valence-electron chi connectivity index (χ0n) is 20.9. The van der Waals surface area contributed by atoms with E-state index in [1.165, 1.54) is 20.0 Å². The van der Waals surface area contributed by atoms with Crippen LogP contribution in [-0.4, -0.2) is 78.2 Å². The quantitative estimate of drug-likeness (QED) is 0.604. The molecule has 1 N–H and O–H groups in total. The van der Waals surface area contributed by atoms with Crippen molar-refractivity contribution < 1.29 is 23.9 Å². The van der Waals surface area contributed by atoms with Gasteiger partial charge in [-0.15, -0.1) is 0 Å². The van der Waals surface area contributed by atoms with E-state index in [1.54, 1.807) is 4.90 Å². The summed E-state index contributed by atoms with van der Waals surface area (Å²) >= 11 is 0. The third kappa shape index (κ3) is 7.33. The molecule has 33 heavy (non-hydrogen) atoms. The highest BCUT2D eigenvalue weighted by Crippen LogP contribution is 2.30. The molecule has 188 valence electrons. The summed E-state index contributed by atoms with van der Waals surface area (Å²) in [5.41, 5.74) is -0.649. The number of ether oxygens (including phenoxy) is 2. The van der Waals surface area contributed by atoms with E-state index in [0.717, 1.165) is 51.6 Å². The number of hydrogen-bond donors (Lipinski definition) is 1. The van der Waals surface area contributed by atoms with E-state index < -0.39 is 23.8 Å². The minimum absolute atomic E-state index is 0.148. The molecule has 3 aliphatic rings. The lowest BCUT2D eigenvalue weighted by Crippen LogP contribution is -2.53. The SMILES string of the molecule is COC(=O)[C@@H]1C[C@@H](N2CCCCC2)CN1C(=O)[C@@H](CC1CCCCC1)NC(=O)OC(C)(C)C. The van der Waals surface area contributed by atoms with Gasteiger partial charge in [0.2, 0.25) is 5.91 Å². The molecule has 0 aromatic rings. The molecular formula is C25H43N3O5. The van der Waals surface area contributed by atoms with Crippen LogP contribution in [0.1, 0.15) is 85.0 Å². The number of piperidine rings is 1. The highest BCUT2D eigenvalue weighted by Gasteiger charge is 2.45. The number of rotatable bonds is 6. The van der Waals surface area contributed by atoms with Crippen molar-refractivity contribution in [2.24, 2.45) is 5.92 Å². The van der Waals surface area contributed by atoms with Gasteiger partial charge >= 0.3 is 12.1 Å². The first-order chi connectivity index (χ1) is 15.7. The van der Waals surface area contributed by atoms with E-state index in [2.05, 4.69) is 10.2 Å². The Kier molecular flexibility index (Phi) is 9.02. The van der Waals surface area contributed by atoms with Crippen molar-refractivity contribution in [3.05, 3.63) is 0 Å². The average molecular weight is 466 g/mol. The second-order valence-electron chi connectivity index (χ2n) is 11.0. The topological polar surface area (TPSA) is 88.2 Å². The molecule has 2 aliphatic heterocycles. The maximum absolute atomic E-state index is 13.8. The van der Waals surface area contributed by atoms with Crippen LogP contribution in [0, 0.1) is 5.92 Å². The molecule has 3 rings (SSSR count). The minimum atomic E-state index is -0.699. The van der Waals surface area contributed by atoms with Crippen molar-refractivity contribution in [1.82, 2.24) is 15.1 Å². The fraction of sp³-hybridized carbons (Fsp3) is 0.880. The van der Waals surface area contributed by atoms with Gasteiger partial charge in [0.1, 0.15) is 17.7 Å². The summed E-state index contributed by atoms with van der Waals surface area (Å²) in [5, 5.41) is 2.85. The highest BCUT2D eigenvalue weighted by atomic mass is 16.6. The van der Waals surface area contributed by atoms with Gasteiger partial charge in [-0.2, -0.15) is 0 Å². The molecule has 0 aromatic carbocycles. The molecular weight excluding hydrogens is 422 g/mol. The van der Waals surface area contributed by atoms with Crippen molar-refractivity contribution in [3.63, 3.8) is 0 Å². The van der Waals surface area contributed by atoms with E-state index in [4.69, 9.17) is 9.47 Å². The number of amides is 2. The van der Waals surface area contributed by atoms with Crippen molar-refractivity contribution in [3.8, 4) is 0 Å². The molecule has 8 heteroatoms. The lowest BCUT2D eigenvalue weighted by Gasteiger charge is -2.33. The number of likely N-dealkylation sites (tertiary alicyclic amines) is 2. The third-order valence-electron chi connectivity index (χ3n) is 7.23. The Bertz CT molecular complexity index is 680. The van der Waals surface area contributed by atoms with Gasteiger partial charge in [-0.05, 0) is 65.5 Å². The number of hydrogen-bond acceptors (Lipinski definition) is 6. The molecule has 3 fully saturated rings. The molecule has 0 radical (unpaired) electrons. The summed E-state index contributed by atoms with van der Waals surface area (Å²) in [4.78, 5) is 43.1. The number of esters is 1. The van der Waals surface area contributed by atoms with Crippen LogP contribution in [0.4, 0.5) is 4.79 Å². The monoisotopic (exact) mass is 465 g/mol. The summed E-state index contributed by atoms with van der Waals surface area (Å²) in [7, 11) is 1.37. The van der Waals surface area contributed by atoms with Gasteiger partial charge in [-0.25, -0.2) is 9.59 Å². The van der Waals surface area contributed by atoms with Crippen LogP contribution in [0.15, 0.2) is 0 Å². The van der Waals surface area contributed by atoms with E-state index in [0.29, 0.717) is 25.3 Å². The zero-order valence-corrected chi connectivity index (χ0v) is 20.9. The van der Waals surface area contributed by atoms with Crippen LogP contribution in [0.2, 0.25) is 0 Å². The maximum atomic E-state index is 13.8. The fourth-order valence-corrected chi connectivity index (χ4v) is 5.59. The van der Waals surface area contributed by atoms with E-state index in [1.807, 2.05) is 20.8 Å². The van der Waals surface area contributed by atoms with E-state index in [-0.39, 0.29) is 17.9 Å². The first kappa shape index (κ1) is 25.8. The molecule has 8 nitrogen and oxygen atoms in total. The molecule has 2 heterocycles. The van der Waals surface area contributed by atoms with Gasteiger partial charge in [0.25, 0.3) is 0 Å². The van der Waals surface area contributed by atoms with E-state index >= 15 is 0 Å². The van der Waals surface area contributed by atoms with Gasteiger partial charge in [0.15, 0.2) is 0 Å². The number of nitrogens with zero attached hydrogens (tertiary/aromatic N) is 2. The van der Waals surface area contributed by atoms with Gasteiger partial charge in [0, 0.05) is 12.6 Å². The van der Waals surface area contributed by atoms with Crippen molar-refractivity contribution >= 4 is 18.0 Å². The molecule has 1 aliphatic carbocycles.